The third-order valence-corrected chi connectivity index (χ3v) is 3.77. The number of anilines is 1. The number of amides is 1. The summed E-state index contributed by atoms with van der Waals surface area (Å²) in [6.07, 6.45) is 3.79. The Kier molecular flexibility index (Phi) is 3.48. The molecule has 0 saturated carbocycles. The van der Waals surface area contributed by atoms with Crippen LogP contribution in [0.25, 0.3) is 0 Å². The van der Waals surface area contributed by atoms with Crippen molar-refractivity contribution >= 4 is 11.6 Å². The van der Waals surface area contributed by atoms with Gasteiger partial charge in [0, 0.05) is 37.0 Å². The summed E-state index contributed by atoms with van der Waals surface area (Å²) in [7, 11) is 1.51. The second kappa shape index (κ2) is 5.44. The number of benzene rings is 1. The van der Waals surface area contributed by atoms with E-state index in [9.17, 15) is 9.90 Å². The molecule has 21 heavy (non-hydrogen) atoms. The molecular formula is C16H16N2O3. The van der Waals surface area contributed by atoms with E-state index in [1.165, 1.54) is 7.11 Å². The number of rotatable bonds is 3. The molecule has 1 aromatic carbocycles. The third kappa shape index (κ3) is 2.54. The lowest BCUT2D eigenvalue weighted by molar-refractivity contribution is -0.117. The van der Waals surface area contributed by atoms with Crippen molar-refractivity contribution in [3.63, 3.8) is 0 Å². The number of nitrogens with zero attached hydrogens (tertiary/aromatic N) is 2. The molecular weight excluding hydrogens is 268 g/mol. The monoisotopic (exact) mass is 284 g/mol. The number of hydrogen-bond donors (Lipinski definition) is 1. The predicted molar refractivity (Wildman–Crippen MR) is 78.6 cm³/mol. The molecule has 0 bridgehead atoms. The van der Waals surface area contributed by atoms with E-state index in [0.29, 0.717) is 18.7 Å². The first-order valence-corrected chi connectivity index (χ1v) is 6.76. The van der Waals surface area contributed by atoms with Crippen molar-refractivity contribution in [2.45, 2.75) is 12.3 Å². The van der Waals surface area contributed by atoms with Crippen molar-refractivity contribution in [1.82, 2.24) is 4.98 Å². The average Bonchev–Trinajstić information content (AvgIpc) is 2.90. The molecule has 0 spiro atoms. The van der Waals surface area contributed by atoms with Gasteiger partial charge in [-0.05, 0) is 29.8 Å². The fraction of sp³-hybridized carbons (Fsp3) is 0.250. The van der Waals surface area contributed by atoms with Crippen LogP contribution in [0.5, 0.6) is 11.5 Å². The predicted octanol–water partition coefficient (Wildman–Crippen LogP) is 2.32. The number of pyridine rings is 1. The van der Waals surface area contributed by atoms with Gasteiger partial charge in [-0.3, -0.25) is 9.78 Å². The van der Waals surface area contributed by atoms with Gasteiger partial charge in [-0.1, -0.05) is 6.07 Å². The molecule has 0 radical (unpaired) electrons. The lowest BCUT2D eigenvalue weighted by Crippen LogP contribution is -2.24. The lowest BCUT2D eigenvalue weighted by Gasteiger charge is -2.16. The number of aromatic hydroxyl groups is 1. The number of carbonyl (C=O) groups is 1. The summed E-state index contributed by atoms with van der Waals surface area (Å²) in [5, 5.41) is 9.87. The van der Waals surface area contributed by atoms with Crippen LogP contribution in [0, 0.1) is 0 Å². The number of carbonyl (C=O) groups excluding carboxylic acids is 1. The highest BCUT2D eigenvalue weighted by Gasteiger charge is 2.31. The third-order valence-electron chi connectivity index (χ3n) is 3.77. The number of phenolic OH excluding ortho intramolecular Hbond substituents is 1. The molecule has 5 heteroatoms. The molecule has 5 nitrogen and oxygen atoms in total. The van der Waals surface area contributed by atoms with Crippen LogP contribution in [0.4, 0.5) is 5.69 Å². The van der Waals surface area contributed by atoms with E-state index in [0.717, 1.165) is 11.3 Å². The standard InChI is InChI=1S/C16H16N2O3/c1-21-15-3-2-11(8-14(15)19)12-9-16(20)18(10-12)13-4-6-17-7-5-13/h2-8,12,19H,9-10H2,1H3. The van der Waals surface area contributed by atoms with Gasteiger partial charge < -0.3 is 14.7 Å². The van der Waals surface area contributed by atoms with Gasteiger partial charge in [-0.25, -0.2) is 0 Å². The molecule has 1 N–H and O–H groups in total. The zero-order chi connectivity index (χ0) is 14.8. The van der Waals surface area contributed by atoms with Crippen molar-refractivity contribution in [3.05, 3.63) is 48.3 Å². The number of phenols is 1. The summed E-state index contributed by atoms with van der Waals surface area (Å²) in [6.45, 7) is 0.606. The van der Waals surface area contributed by atoms with E-state index < -0.39 is 0 Å². The Bertz CT molecular complexity index is 658. The van der Waals surface area contributed by atoms with E-state index >= 15 is 0 Å². The van der Waals surface area contributed by atoms with Crippen LogP contribution in [0.15, 0.2) is 42.7 Å². The largest absolute Gasteiger partial charge is 0.504 e. The highest BCUT2D eigenvalue weighted by atomic mass is 16.5. The summed E-state index contributed by atoms with van der Waals surface area (Å²) >= 11 is 0. The Hall–Kier alpha value is -2.56. The van der Waals surface area contributed by atoms with Crippen molar-refractivity contribution in [2.24, 2.45) is 0 Å². The highest BCUT2D eigenvalue weighted by molar-refractivity contribution is 5.96. The van der Waals surface area contributed by atoms with Crippen LogP contribution in [-0.4, -0.2) is 29.7 Å². The number of hydrogen-bond acceptors (Lipinski definition) is 4. The fourth-order valence-electron chi connectivity index (χ4n) is 2.67. The maximum atomic E-state index is 12.2. The van der Waals surface area contributed by atoms with E-state index in [-0.39, 0.29) is 17.6 Å². The van der Waals surface area contributed by atoms with Gasteiger partial charge in [-0.2, -0.15) is 0 Å². The van der Waals surface area contributed by atoms with Crippen molar-refractivity contribution < 1.29 is 14.6 Å². The number of aromatic nitrogens is 1. The van der Waals surface area contributed by atoms with E-state index in [1.807, 2.05) is 18.2 Å². The topological polar surface area (TPSA) is 62.7 Å². The number of ether oxygens (including phenoxy) is 1. The van der Waals surface area contributed by atoms with Crippen LogP contribution < -0.4 is 9.64 Å². The molecule has 1 aliphatic rings. The average molecular weight is 284 g/mol. The minimum atomic E-state index is 0.0717. The SMILES string of the molecule is COc1ccc(C2CC(=O)N(c3ccncc3)C2)cc1O. The molecule has 2 heterocycles. The molecule has 1 fully saturated rings. The molecule has 1 unspecified atom stereocenters. The molecule has 1 atom stereocenters. The molecule has 1 aromatic heterocycles. The van der Waals surface area contributed by atoms with Crippen LogP contribution in [0.1, 0.15) is 17.9 Å². The molecule has 0 aliphatic carbocycles. The fourth-order valence-corrected chi connectivity index (χ4v) is 2.67. The minimum Gasteiger partial charge on any atom is -0.504 e. The Labute approximate surface area is 122 Å². The van der Waals surface area contributed by atoms with Crippen LogP contribution in [0.2, 0.25) is 0 Å². The van der Waals surface area contributed by atoms with Crippen molar-refractivity contribution in [2.75, 3.05) is 18.6 Å². The molecule has 108 valence electrons. The van der Waals surface area contributed by atoms with Gasteiger partial charge in [0.25, 0.3) is 0 Å². The zero-order valence-electron chi connectivity index (χ0n) is 11.7. The first-order valence-electron chi connectivity index (χ1n) is 6.76. The zero-order valence-corrected chi connectivity index (χ0v) is 11.7. The van der Waals surface area contributed by atoms with Gasteiger partial charge in [-0.15, -0.1) is 0 Å². The lowest BCUT2D eigenvalue weighted by atomic mass is 9.98. The van der Waals surface area contributed by atoms with Crippen molar-refractivity contribution in [3.8, 4) is 11.5 Å². The second-order valence-electron chi connectivity index (χ2n) is 5.04. The Morgan fingerprint density at radius 3 is 2.71 bits per heavy atom. The Morgan fingerprint density at radius 2 is 2.05 bits per heavy atom. The summed E-state index contributed by atoms with van der Waals surface area (Å²) in [6, 6.07) is 8.95. The summed E-state index contributed by atoms with van der Waals surface area (Å²) < 4.78 is 5.04. The van der Waals surface area contributed by atoms with E-state index in [2.05, 4.69) is 4.98 Å². The quantitative estimate of drug-likeness (QED) is 0.939. The minimum absolute atomic E-state index is 0.0717. The molecule has 3 rings (SSSR count). The molecule has 2 aromatic rings. The van der Waals surface area contributed by atoms with Gasteiger partial charge >= 0.3 is 0 Å². The van der Waals surface area contributed by atoms with E-state index in [4.69, 9.17) is 4.74 Å². The maximum absolute atomic E-state index is 12.2. The van der Waals surface area contributed by atoms with Gasteiger partial charge in [0.2, 0.25) is 5.91 Å². The first-order chi connectivity index (χ1) is 10.2. The highest BCUT2D eigenvalue weighted by Crippen LogP contribution is 2.35. The van der Waals surface area contributed by atoms with Gasteiger partial charge in [0.1, 0.15) is 0 Å². The van der Waals surface area contributed by atoms with Gasteiger partial charge in [0.15, 0.2) is 11.5 Å². The van der Waals surface area contributed by atoms with Crippen LogP contribution >= 0.6 is 0 Å². The Balaban J connectivity index is 1.83. The van der Waals surface area contributed by atoms with E-state index in [1.54, 1.807) is 29.4 Å². The summed E-state index contributed by atoms with van der Waals surface area (Å²) in [5.41, 5.74) is 1.80. The molecule has 1 saturated heterocycles. The van der Waals surface area contributed by atoms with Crippen LogP contribution in [-0.2, 0) is 4.79 Å². The smallest absolute Gasteiger partial charge is 0.227 e. The van der Waals surface area contributed by atoms with Gasteiger partial charge in [0.05, 0.1) is 7.11 Å². The summed E-state index contributed by atoms with van der Waals surface area (Å²) in [4.78, 5) is 17.9. The van der Waals surface area contributed by atoms with Crippen LogP contribution in [0.3, 0.4) is 0 Å². The number of methoxy groups -OCH3 is 1. The normalized spacial score (nSPS) is 18.0. The maximum Gasteiger partial charge on any atom is 0.227 e. The summed E-state index contributed by atoms with van der Waals surface area (Å²) in [5.74, 6) is 0.697. The molecule has 1 aliphatic heterocycles. The second-order valence-corrected chi connectivity index (χ2v) is 5.04. The first kappa shape index (κ1) is 13.4. The molecule has 1 amide bonds. The Morgan fingerprint density at radius 1 is 1.29 bits per heavy atom. The van der Waals surface area contributed by atoms with Crippen molar-refractivity contribution in [1.29, 1.82) is 0 Å².